The predicted molar refractivity (Wildman–Crippen MR) is 101 cm³/mol. The molecule has 1 aliphatic rings. The van der Waals surface area contributed by atoms with Crippen molar-refractivity contribution in [2.24, 2.45) is 0 Å². The number of hydrogen-bond donors (Lipinski definition) is 2. The van der Waals surface area contributed by atoms with Gasteiger partial charge in [0.1, 0.15) is 18.1 Å². The molecule has 1 fully saturated rings. The van der Waals surface area contributed by atoms with Gasteiger partial charge in [0.2, 0.25) is 0 Å². The van der Waals surface area contributed by atoms with Gasteiger partial charge in [-0.2, -0.15) is 0 Å². The van der Waals surface area contributed by atoms with Crippen LogP contribution in [0.15, 0.2) is 42.1 Å². The Balaban J connectivity index is 1.84. The summed E-state index contributed by atoms with van der Waals surface area (Å²) in [5.74, 6) is 0.159. The standard InChI is InChI=1S/C18H14FIN2O4/c1-25-15-8-11(7-14-17(23)22-18(24)21-14)6-13(20)16(15)26-9-10-3-2-4-12(19)5-10/h2-8H,9H2,1H3,(H2,21,22,23,24)/b14-7+. The van der Waals surface area contributed by atoms with Gasteiger partial charge in [0.05, 0.1) is 10.7 Å². The molecule has 0 spiro atoms. The van der Waals surface area contributed by atoms with Crippen molar-refractivity contribution < 1.29 is 23.5 Å². The summed E-state index contributed by atoms with van der Waals surface area (Å²) in [4.78, 5) is 22.8. The third kappa shape index (κ3) is 4.13. The van der Waals surface area contributed by atoms with Gasteiger partial charge in [-0.05, 0) is 64.1 Å². The van der Waals surface area contributed by atoms with E-state index in [2.05, 4.69) is 33.2 Å². The SMILES string of the molecule is COc1cc(/C=C2/NC(=O)NC2=O)cc(I)c1OCc1cccc(F)c1. The van der Waals surface area contributed by atoms with Crippen LogP contribution in [0.5, 0.6) is 11.5 Å². The van der Waals surface area contributed by atoms with Crippen LogP contribution in [0.4, 0.5) is 9.18 Å². The lowest BCUT2D eigenvalue weighted by molar-refractivity contribution is -0.115. The fourth-order valence-corrected chi connectivity index (χ4v) is 3.18. The maximum Gasteiger partial charge on any atom is 0.326 e. The first-order valence-corrected chi connectivity index (χ1v) is 8.63. The number of carbonyl (C=O) groups is 2. The molecular formula is C18H14FIN2O4. The van der Waals surface area contributed by atoms with Crippen LogP contribution in [0.2, 0.25) is 0 Å². The normalized spacial score (nSPS) is 15.0. The van der Waals surface area contributed by atoms with Gasteiger partial charge in [0.25, 0.3) is 5.91 Å². The van der Waals surface area contributed by atoms with Crippen LogP contribution in [-0.4, -0.2) is 19.0 Å². The van der Waals surface area contributed by atoms with E-state index in [1.807, 2.05) is 0 Å². The molecule has 134 valence electrons. The van der Waals surface area contributed by atoms with Crippen molar-refractivity contribution in [3.63, 3.8) is 0 Å². The molecule has 0 unspecified atom stereocenters. The molecule has 0 aromatic heterocycles. The summed E-state index contributed by atoms with van der Waals surface area (Å²) in [6, 6.07) is 9.07. The molecule has 2 N–H and O–H groups in total. The number of benzene rings is 2. The fraction of sp³-hybridized carbons (Fsp3) is 0.111. The summed E-state index contributed by atoms with van der Waals surface area (Å²) in [5, 5.41) is 4.57. The van der Waals surface area contributed by atoms with Gasteiger partial charge in [-0.3, -0.25) is 10.1 Å². The minimum absolute atomic E-state index is 0.154. The molecule has 8 heteroatoms. The molecule has 1 aliphatic heterocycles. The van der Waals surface area contributed by atoms with Crippen LogP contribution in [-0.2, 0) is 11.4 Å². The highest BCUT2D eigenvalue weighted by molar-refractivity contribution is 14.1. The van der Waals surface area contributed by atoms with E-state index >= 15 is 0 Å². The van der Waals surface area contributed by atoms with Crippen LogP contribution < -0.4 is 20.1 Å². The Morgan fingerprint density at radius 1 is 1.19 bits per heavy atom. The first-order chi connectivity index (χ1) is 12.5. The Hall–Kier alpha value is -2.62. The zero-order valence-corrected chi connectivity index (χ0v) is 15.8. The zero-order valence-electron chi connectivity index (χ0n) is 13.6. The fourth-order valence-electron chi connectivity index (χ4n) is 2.39. The van der Waals surface area contributed by atoms with Crippen LogP contribution in [0.3, 0.4) is 0 Å². The smallest absolute Gasteiger partial charge is 0.326 e. The lowest BCUT2D eigenvalue weighted by Crippen LogP contribution is -2.22. The molecule has 3 rings (SSSR count). The van der Waals surface area contributed by atoms with Gasteiger partial charge >= 0.3 is 6.03 Å². The van der Waals surface area contributed by atoms with Crippen molar-refractivity contribution in [2.45, 2.75) is 6.61 Å². The molecular weight excluding hydrogens is 454 g/mol. The van der Waals surface area contributed by atoms with Crippen LogP contribution in [0.1, 0.15) is 11.1 Å². The number of methoxy groups -OCH3 is 1. The Morgan fingerprint density at radius 2 is 2.00 bits per heavy atom. The summed E-state index contributed by atoms with van der Waals surface area (Å²) < 4.78 is 25.2. The van der Waals surface area contributed by atoms with Gasteiger partial charge in [0.15, 0.2) is 11.5 Å². The van der Waals surface area contributed by atoms with Crippen molar-refractivity contribution in [3.05, 3.63) is 62.6 Å². The maximum absolute atomic E-state index is 13.3. The molecule has 0 atom stereocenters. The number of imide groups is 1. The maximum atomic E-state index is 13.3. The summed E-state index contributed by atoms with van der Waals surface area (Å²) in [6.07, 6.45) is 1.54. The van der Waals surface area contributed by atoms with Crippen molar-refractivity contribution >= 4 is 40.6 Å². The largest absolute Gasteiger partial charge is 0.493 e. The number of halogens is 2. The van der Waals surface area contributed by atoms with Crippen molar-refractivity contribution in [1.29, 1.82) is 0 Å². The van der Waals surface area contributed by atoms with Gasteiger partial charge in [0, 0.05) is 0 Å². The quantitative estimate of drug-likeness (QED) is 0.402. The topological polar surface area (TPSA) is 76.7 Å². The molecule has 0 bridgehead atoms. The van der Waals surface area contributed by atoms with E-state index in [1.54, 1.807) is 30.3 Å². The van der Waals surface area contributed by atoms with E-state index in [-0.39, 0.29) is 18.1 Å². The van der Waals surface area contributed by atoms with E-state index < -0.39 is 11.9 Å². The number of amides is 3. The molecule has 6 nitrogen and oxygen atoms in total. The van der Waals surface area contributed by atoms with Gasteiger partial charge < -0.3 is 14.8 Å². The number of ether oxygens (including phenoxy) is 2. The molecule has 3 amide bonds. The third-order valence-corrected chi connectivity index (χ3v) is 4.36. The summed E-state index contributed by atoms with van der Waals surface area (Å²) >= 11 is 2.08. The molecule has 0 saturated carbocycles. The lowest BCUT2D eigenvalue weighted by Gasteiger charge is -2.14. The summed E-state index contributed by atoms with van der Waals surface area (Å²) in [7, 11) is 1.50. The van der Waals surface area contributed by atoms with Crippen molar-refractivity contribution in [2.75, 3.05) is 7.11 Å². The number of carbonyl (C=O) groups excluding carboxylic acids is 2. The van der Waals surface area contributed by atoms with E-state index in [9.17, 15) is 14.0 Å². The molecule has 0 aliphatic carbocycles. The van der Waals surface area contributed by atoms with Crippen LogP contribution >= 0.6 is 22.6 Å². The molecule has 1 heterocycles. The van der Waals surface area contributed by atoms with E-state index in [0.717, 1.165) is 3.57 Å². The second-order valence-electron chi connectivity index (χ2n) is 5.42. The molecule has 1 saturated heterocycles. The number of urea groups is 1. The predicted octanol–water partition coefficient (Wildman–Crippen LogP) is 3.20. The first kappa shape index (κ1) is 18.2. The van der Waals surface area contributed by atoms with E-state index in [1.165, 1.54) is 19.2 Å². The Morgan fingerprint density at radius 3 is 2.65 bits per heavy atom. The van der Waals surface area contributed by atoms with Crippen LogP contribution in [0, 0.1) is 9.39 Å². The molecule has 2 aromatic carbocycles. The van der Waals surface area contributed by atoms with E-state index in [0.29, 0.717) is 22.6 Å². The van der Waals surface area contributed by atoms with E-state index in [4.69, 9.17) is 9.47 Å². The number of nitrogens with one attached hydrogen (secondary N) is 2. The monoisotopic (exact) mass is 468 g/mol. The molecule has 0 radical (unpaired) electrons. The minimum atomic E-state index is -0.557. The number of rotatable bonds is 5. The van der Waals surface area contributed by atoms with Gasteiger partial charge in [-0.15, -0.1) is 0 Å². The highest BCUT2D eigenvalue weighted by atomic mass is 127. The van der Waals surface area contributed by atoms with Gasteiger partial charge in [-0.1, -0.05) is 12.1 Å². The summed E-state index contributed by atoms with van der Waals surface area (Å²) in [6.45, 7) is 0.184. The zero-order chi connectivity index (χ0) is 18.7. The Kier molecular flexibility index (Phi) is 5.40. The Bertz CT molecular complexity index is 914. The average Bonchev–Trinajstić information content (AvgIpc) is 2.90. The lowest BCUT2D eigenvalue weighted by atomic mass is 10.1. The van der Waals surface area contributed by atoms with Gasteiger partial charge in [-0.25, -0.2) is 9.18 Å². The molecule has 2 aromatic rings. The molecule has 26 heavy (non-hydrogen) atoms. The summed E-state index contributed by atoms with van der Waals surface area (Å²) in [5.41, 5.74) is 1.51. The highest BCUT2D eigenvalue weighted by Crippen LogP contribution is 2.35. The van der Waals surface area contributed by atoms with Crippen LogP contribution in [0.25, 0.3) is 6.08 Å². The highest BCUT2D eigenvalue weighted by Gasteiger charge is 2.23. The van der Waals surface area contributed by atoms with Crippen molar-refractivity contribution in [1.82, 2.24) is 10.6 Å². The Labute approximate surface area is 162 Å². The number of hydrogen-bond acceptors (Lipinski definition) is 4. The second kappa shape index (κ2) is 7.73. The van der Waals surface area contributed by atoms with Crippen molar-refractivity contribution in [3.8, 4) is 11.5 Å². The third-order valence-electron chi connectivity index (χ3n) is 3.55. The second-order valence-corrected chi connectivity index (χ2v) is 6.58. The first-order valence-electron chi connectivity index (χ1n) is 7.55. The minimum Gasteiger partial charge on any atom is -0.493 e. The average molecular weight is 468 g/mol.